The molecule has 0 spiro atoms. The maximum atomic E-state index is 13.6. The second kappa shape index (κ2) is 6.33. The third kappa shape index (κ3) is 3.36. The summed E-state index contributed by atoms with van der Waals surface area (Å²) >= 11 is 3.34. The Labute approximate surface area is 122 Å². The second-order valence-corrected chi connectivity index (χ2v) is 6.09. The summed E-state index contributed by atoms with van der Waals surface area (Å²) in [4.78, 5) is 0. The first-order chi connectivity index (χ1) is 9.07. The lowest BCUT2D eigenvalue weighted by molar-refractivity contribution is -0.0111. The van der Waals surface area contributed by atoms with Gasteiger partial charge in [0.2, 0.25) is 0 Å². The molecule has 2 atom stereocenters. The van der Waals surface area contributed by atoms with Crippen molar-refractivity contribution in [1.29, 1.82) is 0 Å². The fourth-order valence-electron chi connectivity index (χ4n) is 2.75. The van der Waals surface area contributed by atoms with Gasteiger partial charge in [-0.2, -0.15) is 0 Å². The van der Waals surface area contributed by atoms with Gasteiger partial charge in [0, 0.05) is 12.6 Å². The van der Waals surface area contributed by atoms with E-state index in [1.165, 1.54) is 6.07 Å². The predicted molar refractivity (Wildman–Crippen MR) is 78.9 cm³/mol. The molecule has 2 nitrogen and oxygen atoms in total. The summed E-state index contributed by atoms with van der Waals surface area (Å²) < 4.78 is 20.1. The first-order valence-electron chi connectivity index (χ1n) is 6.87. The Morgan fingerprint density at radius 1 is 1.53 bits per heavy atom. The quantitative estimate of drug-likeness (QED) is 0.889. The molecule has 0 aromatic heterocycles. The Kier molecular flexibility index (Phi) is 4.98. The van der Waals surface area contributed by atoms with Crippen molar-refractivity contribution in [1.82, 2.24) is 5.32 Å². The Hall–Kier alpha value is -0.450. The van der Waals surface area contributed by atoms with Crippen molar-refractivity contribution in [2.45, 2.75) is 44.8 Å². The van der Waals surface area contributed by atoms with E-state index in [1.807, 2.05) is 6.07 Å². The van der Waals surface area contributed by atoms with E-state index in [1.54, 1.807) is 6.07 Å². The number of rotatable bonds is 5. The van der Waals surface area contributed by atoms with Gasteiger partial charge in [-0.1, -0.05) is 19.1 Å². The fourth-order valence-corrected chi connectivity index (χ4v) is 3.18. The second-order valence-electron chi connectivity index (χ2n) is 5.29. The largest absolute Gasteiger partial charge is 0.374 e. The Morgan fingerprint density at radius 3 is 2.95 bits per heavy atom. The molecular weight excluding hydrogens is 309 g/mol. The zero-order valence-electron chi connectivity index (χ0n) is 11.5. The average Bonchev–Trinajstić information content (AvgIpc) is 2.82. The molecular formula is C15H21BrFNO. The number of hydrogen-bond acceptors (Lipinski definition) is 2. The summed E-state index contributed by atoms with van der Waals surface area (Å²) in [6, 6.07) is 5.41. The molecule has 0 aliphatic carbocycles. The van der Waals surface area contributed by atoms with Crippen LogP contribution in [0.4, 0.5) is 4.39 Å². The molecule has 0 saturated carbocycles. The van der Waals surface area contributed by atoms with Crippen LogP contribution in [0.1, 0.15) is 32.3 Å². The number of likely N-dealkylation sites (N-methyl/N-ethyl adjacent to an activating group) is 1. The number of ether oxygens (including phenoxy) is 1. The number of benzene rings is 1. The predicted octanol–water partition coefficient (Wildman–Crippen LogP) is 3.68. The SMILES string of the molecule is CCNC(Cc1cccc(F)c1Br)C1(C)CCCO1. The molecule has 0 radical (unpaired) electrons. The van der Waals surface area contributed by atoms with Crippen molar-refractivity contribution in [3.8, 4) is 0 Å². The van der Waals surface area contributed by atoms with Gasteiger partial charge < -0.3 is 10.1 Å². The molecule has 1 aromatic rings. The topological polar surface area (TPSA) is 21.3 Å². The standard InChI is InChI=1S/C15H21BrFNO/c1-3-18-13(15(2)8-5-9-19-15)10-11-6-4-7-12(17)14(11)16/h4,6-7,13,18H,3,5,8-10H2,1-2H3. The molecule has 0 bridgehead atoms. The highest BCUT2D eigenvalue weighted by Crippen LogP contribution is 2.32. The maximum absolute atomic E-state index is 13.6. The number of halogens is 2. The molecule has 1 aliphatic heterocycles. The Bertz CT molecular complexity index is 432. The minimum absolute atomic E-state index is 0.151. The van der Waals surface area contributed by atoms with Crippen molar-refractivity contribution in [3.63, 3.8) is 0 Å². The van der Waals surface area contributed by atoms with Crippen LogP contribution in [0.5, 0.6) is 0 Å². The van der Waals surface area contributed by atoms with Crippen LogP contribution < -0.4 is 5.32 Å². The molecule has 1 saturated heterocycles. The van der Waals surface area contributed by atoms with E-state index >= 15 is 0 Å². The smallest absolute Gasteiger partial charge is 0.137 e. The summed E-state index contributed by atoms with van der Waals surface area (Å²) in [5.41, 5.74) is 0.838. The number of hydrogen-bond donors (Lipinski definition) is 1. The van der Waals surface area contributed by atoms with Crippen molar-refractivity contribution < 1.29 is 9.13 Å². The summed E-state index contributed by atoms with van der Waals surface area (Å²) in [5.74, 6) is -0.203. The lowest BCUT2D eigenvalue weighted by atomic mass is 9.88. The van der Waals surface area contributed by atoms with E-state index in [2.05, 4.69) is 35.1 Å². The van der Waals surface area contributed by atoms with E-state index < -0.39 is 0 Å². The van der Waals surface area contributed by atoms with E-state index in [9.17, 15) is 4.39 Å². The van der Waals surface area contributed by atoms with Gasteiger partial charge in [0.15, 0.2) is 0 Å². The van der Waals surface area contributed by atoms with E-state index in [-0.39, 0.29) is 17.5 Å². The van der Waals surface area contributed by atoms with Crippen LogP contribution in [0.2, 0.25) is 0 Å². The van der Waals surface area contributed by atoms with Crippen LogP contribution in [0, 0.1) is 5.82 Å². The summed E-state index contributed by atoms with van der Waals surface area (Å²) in [5, 5.41) is 3.49. The van der Waals surface area contributed by atoms with Gasteiger partial charge in [0.1, 0.15) is 5.82 Å². The zero-order valence-corrected chi connectivity index (χ0v) is 13.1. The number of nitrogens with one attached hydrogen (secondary N) is 1. The fraction of sp³-hybridized carbons (Fsp3) is 0.600. The van der Waals surface area contributed by atoms with Gasteiger partial charge in [-0.25, -0.2) is 4.39 Å². The highest BCUT2D eigenvalue weighted by atomic mass is 79.9. The normalized spacial score (nSPS) is 24.6. The van der Waals surface area contributed by atoms with Gasteiger partial charge in [-0.05, 0) is 60.3 Å². The van der Waals surface area contributed by atoms with Crippen LogP contribution in [-0.4, -0.2) is 24.8 Å². The monoisotopic (exact) mass is 329 g/mol. The molecule has 4 heteroatoms. The van der Waals surface area contributed by atoms with Gasteiger partial charge in [-0.15, -0.1) is 0 Å². The summed E-state index contributed by atoms with van der Waals surface area (Å²) in [6.07, 6.45) is 2.92. The first-order valence-corrected chi connectivity index (χ1v) is 7.66. The molecule has 2 rings (SSSR count). The lowest BCUT2D eigenvalue weighted by Crippen LogP contribution is -2.49. The highest BCUT2D eigenvalue weighted by molar-refractivity contribution is 9.10. The maximum Gasteiger partial charge on any atom is 0.137 e. The lowest BCUT2D eigenvalue weighted by Gasteiger charge is -2.34. The zero-order chi connectivity index (χ0) is 13.9. The van der Waals surface area contributed by atoms with Gasteiger partial charge in [0.25, 0.3) is 0 Å². The minimum atomic E-state index is -0.203. The van der Waals surface area contributed by atoms with E-state index in [4.69, 9.17) is 4.74 Å². The molecule has 106 valence electrons. The molecule has 19 heavy (non-hydrogen) atoms. The van der Waals surface area contributed by atoms with Crippen LogP contribution in [0.25, 0.3) is 0 Å². The van der Waals surface area contributed by atoms with Crippen LogP contribution in [0.15, 0.2) is 22.7 Å². The highest BCUT2D eigenvalue weighted by Gasteiger charge is 2.38. The molecule has 0 amide bonds. The van der Waals surface area contributed by atoms with Crippen LogP contribution >= 0.6 is 15.9 Å². The van der Waals surface area contributed by atoms with Gasteiger partial charge in [-0.3, -0.25) is 0 Å². The van der Waals surface area contributed by atoms with Crippen LogP contribution in [0.3, 0.4) is 0 Å². The molecule has 1 aliphatic rings. The molecule has 1 aromatic carbocycles. The first kappa shape index (κ1) is 14.9. The summed E-state index contributed by atoms with van der Waals surface area (Å²) in [7, 11) is 0. The third-order valence-corrected chi connectivity index (χ3v) is 4.78. The minimum Gasteiger partial charge on any atom is -0.374 e. The molecule has 1 N–H and O–H groups in total. The van der Waals surface area contributed by atoms with Crippen molar-refractivity contribution >= 4 is 15.9 Å². The van der Waals surface area contributed by atoms with Crippen LogP contribution in [-0.2, 0) is 11.2 Å². The molecule has 1 heterocycles. The van der Waals surface area contributed by atoms with Crippen molar-refractivity contribution in [3.05, 3.63) is 34.1 Å². The summed E-state index contributed by atoms with van der Waals surface area (Å²) in [6.45, 7) is 5.95. The molecule has 2 unspecified atom stereocenters. The average molecular weight is 330 g/mol. The third-order valence-electron chi connectivity index (χ3n) is 3.89. The van der Waals surface area contributed by atoms with E-state index in [0.29, 0.717) is 4.47 Å². The molecule has 1 fully saturated rings. The van der Waals surface area contributed by atoms with Gasteiger partial charge >= 0.3 is 0 Å². The Morgan fingerprint density at radius 2 is 2.32 bits per heavy atom. The van der Waals surface area contributed by atoms with Gasteiger partial charge in [0.05, 0.1) is 10.1 Å². The van der Waals surface area contributed by atoms with E-state index in [0.717, 1.165) is 38.0 Å². The van der Waals surface area contributed by atoms with Crippen molar-refractivity contribution in [2.24, 2.45) is 0 Å². The Balaban J connectivity index is 2.18. The van der Waals surface area contributed by atoms with Crippen molar-refractivity contribution in [2.75, 3.05) is 13.2 Å².